The Morgan fingerprint density at radius 1 is 0.913 bits per heavy atom. The van der Waals surface area contributed by atoms with Crippen LogP contribution in [-0.4, -0.2) is 91.4 Å². The van der Waals surface area contributed by atoms with Crippen LogP contribution in [0.4, 0.5) is 10.5 Å². The third-order valence-corrected chi connectivity index (χ3v) is 8.64. The molecule has 2 fully saturated rings. The van der Waals surface area contributed by atoms with E-state index in [-0.39, 0.29) is 36.0 Å². The van der Waals surface area contributed by atoms with Crippen LogP contribution in [0.3, 0.4) is 0 Å². The van der Waals surface area contributed by atoms with Gasteiger partial charge in [-0.3, -0.25) is 39.1 Å². The number of imide groups is 2. The number of likely N-dealkylation sites (tertiary alicyclic amines) is 1. The van der Waals surface area contributed by atoms with E-state index in [2.05, 4.69) is 26.0 Å². The number of carbonyl (C=O) groups excluding carboxylic acids is 5. The monoisotopic (exact) mass is 621 g/mol. The van der Waals surface area contributed by atoms with E-state index in [4.69, 9.17) is 4.98 Å². The minimum atomic E-state index is -1.01. The molecule has 1 unspecified atom stereocenters. The standard InChI is InChI=1S/C32H31N9O5/c42-28-8-7-27(29(43)38-28)41-30(44)22-6-5-20(15-23(22)31(41)45)33-11-12-34-32(46)39-13-9-21(10-14-39)40-18-19(16-36-40)26-17-35-24-3-1-2-4-25(24)37-26/h1-6,15-18,21,27,33H,7-14H2,(H,34,46)(H,38,42,43). The number of para-hydroxylation sites is 2. The molecule has 0 radical (unpaired) electrons. The summed E-state index contributed by atoms with van der Waals surface area (Å²) in [6.45, 7) is 1.94. The fourth-order valence-corrected chi connectivity index (χ4v) is 6.17. The number of nitrogens with one attached hydrogen (secondary N) is 3. The Kier molecular flexibility index (Phi) is 7.60. The van der Waals surface area contributed by atoms with E-state index in [0.29, 0.717) is 31.9 Å². The van der Waals surface area contributed by atoms with Crippen LogP contribution in [0.15, 0.2) is 61.1 Å². The van der Waals surface area contributed by atoms with Crippen LogP contribution >= 0.6 is 0 Å². The van der Waals surface area contributed by atoms with Crippen LogP contribution in [0.1, 0.15) is 52.4 Å². The SMILES string of the molecule is O=C1CCC(N2C(=O)c3ccc(NCCNC(=O)N4CCC(n5cc(-c6cnc7ccccc7n6)cn5)CC4)cc3C2=O)C(=O)N1. The average Bonchev–Trinajstić information content (AvgIpc) is 3.66. The second kappa shape index (κ2) is 12.0. The molecule has 0 saturated carbocycles. The maximum absolute atomic E-state index is 13.0. The molecule has 0 bridgehead atoms. The molecule has 7 rings (SSSR count). The number of rotatable bonds is 7. The van der Waals surface area contributed by atoms with Crippen molar-refractivity contribution < 1.29 is 24.0 Å². The van der Waals surface area contributed by atoms with Crippen molar-refractivity contribution in [3.63, 3.8) is 0 Å². The van der Waals surface area contributed by atoms with E-state index in [1.54, 1.807) is 35.5 Å². The van der Waals surface area contributed by atoms with E-state index in [0.717, 1.165) is 40.0 Å². The second-order valence-electron chi connectivity index (χ2n) is 11.5. The van der Waals surface area contributed by atoms with Gasteiger partial charge in [0.25, 0.3) is 11.8 Å². The van der Waals surface area contributed by atoms with Crippen LogP contribution in [0.5, 0.6) is 0 Å². The minimum Gasteiger partial charge on any atom is -0.383 e. The third-order valence-electron chi connectivity index (χ3n) is 8.64. The molecule has 14 heteroatoms. The number of hydrogen-bond acceptors (Lipinski definition) is 9. The highest BCUT2D eigenvalue weighted by atomic mass is 16.2. The summed E-state index contributed by atoms with van der Waals surface area (Å²) in [5.74, 6) is -2.18. The molecule has 5 heterocycles. The predicted molar refractivity (Wildman–Crippen MR) is 166 cm³/mol. The average molecular weight is 622 g/mol. The lowest BCUT2D eigenvalue weighted by molar-refractivity contribution is -0.136. The smallest absolute Gasteiger partial charge is 0.317 e. The zero-order chi connectivity index (χ0) is 31.8. The lowest BCUT2D eigenvalue weighted by Gasteiger charge is -2.32. The Morgan fingerprint density at radius 2 is 1.70 bits per heavy atom. The summed E-state index contributed by atoms with van der Waals surface area (Å²) in [4.78, 5) is 74.4. The van der Waals surface area contributed by atoms with Gasteiger partial charge >= 0.3 is 6.03 Å². The van der Waals surface area contributed by atoms with Gasteiger partial charge in [0.2, 0.25) is 11.8 Å². The maximum Gasteiger partial charge on any atom is 0.317 e. The van der Waals surface area contributed by atoms with Crippen molar-refractivity contribution in [3.05, 3.63) is 72.2 Å². The van der Waals surface area contributed by atoms with Crippen molar-refractivity contribution >= 4 is 46.4 Å². The number of carbonyl (C=O) groups is 5. The Labute approximate surface area is 263 Å². The van der Waals surface area contributed by atoms with Gasteiger partial charge in [0.05, 0.1) is 46.3 Å². The van der Waals surface area contributed by atoms with Gasteiger partial charge in [-0.25, -0.2) is 9.78 Å². The number of anilines is 1. The van der Waals surface area contributed by atoms with Crippen molar-refractivity contribution in [2.24, 2.45) is 0 Å². The first-order chi connectivity index (χ1) is 22.4. The van der Waals surface area contributed by atoms with E-state index < -0.39 is 29.7 Å². The second-order valence-corrected chi connectivity index (χ2v) is 11.5. The molecule has 2 saturated heterocycles. The van der Waals surface area contributed by atoms with Crippen molar-refractivity contribution in [2.75, 3.05) is 31.5 Å². The van der Waals surface area contributed by atoms with Gasteiger partial charge in [0.15, 0.2) is 0 Å². The molecule has 1 atom stereocenters. The van der Waals surface area contributed by atoms with Gasteiger partial charge in [0.1, 0.15) is 6.04 Å². The number of amides is 6. The van der Waals surface area contributed by atoms with Crippen LogP contribution in [0, 0.1) is 0 Å². The van der Waals surface area contributed by atoms with Gasteiger partial charge in [-0.2, -0.15) is 5.10 Å². The summed E-state index contributed by atoms with van der Waals surface area (Å²) in [7, 11) is 0. The Hall–Kier alpha value is -5.66. The molecule has 14 nitrogen and oxygen atoms in total. The lowest BCUT2D eigenvalue weighted by atomic mass is 10.0. The molecular weight excluding hydrogens is 590 g/mol. The summed E-state index contributed by atoms with van der Waals surface area (Å²) in [5.41, 5.74) is 4.36. The first-order valence-corrected chi connectivity index (χ1v) is 15.2. The van der Waals surface area contributed by atoms with Gasteiger partial charge in [-0.1, -0.05) is 12.1 Å². The number of nitrogens with zero attached hydrogens (tertiary/aromatic N) is 6. The number of benzene rings is 2. The molecule has 0 aliphatic carbocycles. The molecule has 46 heavy (non-hydrogen) atoms. The minimum absolute atomic E-state index is 0.0638. The number of fused-ring (bicyclic) bond motifs is 2. The molecule has 3 aliphatic heterocycles. The Bertz CT molecular complexity index is 1880. The Morgan fingerprint density at radius 3 is 2.50 bits per heavy atom. The Balaban J connectivity index is 0.875. The predicted octanol–water partition coefficient (Wildman–Crippen LogP) is 2.35. The number of piperidine rings is 2. The molecule has 3 N–H and O–H groups in total. The molecule has 3 aliphatic rings. The first-order valence-electron chi connectivity index (χ1n) is 15.2. The molecule has 0 spiro atoms. The number of urea groups is 1. The normalized spacial score (nSPS) is 18.6. The fraction of sp³-hybridized carbons (Fsp3) is 0.312. The van der Waals surface area contributed by atoms with E-state index in [9.17, 15) is 24.0 Å². The van der Waals surface area contributed by atoms with Gasteiger partial charge in [-0.05, 0) is 49.6 Å². The number of aromatic nitrogens is 4. The van der Waals surface area contributed by atoms with E-state index in [1.165, 1.54) is 0 Å². The zero-order valence-electron chi connectivity index (χ0n) is 24.8. The van der Waals surface area contributed by atoms with Crippen LogP contribution < -0.4 is 16.0 Å². The summed E-state index contributed by atoms with van der Waals surface area (Å²) < 4.78 is 1.95. The van der Waals surface area contributed by atoms with Crippen molar-refractivity contribution in [3.8, 4) is 11.3 Å². The van der Waals surface area contributed by atoms with E-state index in [1.807, 2.05) is 35.1 Å². The molecule has 2 aromatic carbocycles. The molecule has 234 valence electrons. The molecule has 6 amide bonds. The summed E-state index contributed by atoms with van der Waals surface area (Å²) in [6.07, 6.45) is 7.25. The molecule has 2 aromatic heterocycles. The zero-order valence-corrected chi connectivity index (χ0v) is 24.8. The van der Waals surface area contributed by atoms with Crippen LogP contribution in [-0.2, 0) is 9.59 Å². The van der Waals surface area contributed by atoms with Gasteiger partial charge < -0.3 is 15.5 Å². The third kappa shape index (κ3) is 5.53. The topological polar surface area (TPSA) is 172 Å². The highest BCUT2D eigenvalue weighted by Crippen LogP contribution is 2.30. The van der Waals surface area contributed by atoms with Crippen molar-refractivity contribution in [2.45, 2.75) is 37.8 Å². The summed E-state index contributed by atoms with van der Waals surface area (Å²) in [6, 6.07) is 11.5. The van der Waals surface area contributed by atoms with Crippen molar-refractivity contribution in [1.82, 2.24) is 40.2 Å². The lowest BCUT2D eigenvalue weighted by Crippen LogP contribution is -2.54. The molecule has 4 aromatic rings. The van der Waals surface area contributed by atoms with Gasteiger partial charge in [0, 0.05) is 50.0 Å². The van der Waals surface area contributed by atoms with Crippen molar-refractivity contribution in [1.29, 1.82) is 0 Å². The quantitative estimate of drug-likeness (QED) is 0.207. The maximum atomic E-state index is 13.0. The van der Waals surface area contributed by atoms with E-state index >= 15 is 0 Å². The van der Waals surface area contributed by atoms with Crippen LogP contribution in [0.25, 0.3) is 22.3 Å². The summed E-state index contributed by atoms with van der Waals surface area (Å²) in [5, 5.41) is 12.9. The first kappa shape index (κ1) is 29.1. The van der Waals surface area contributed by atoms with Gasteiger partial charge in [-0.15, -0.1) is 0 Å². The molecular formula is C32H31N9O5. The fourth-order valence-electron chi connectivity index (χ4n) is 6.17. The highest BCUT2D eigenvalue weighted by molar-refractivity contribution is 6.23. The van der Waals surface area contributed by atoms with Crippen LogP contribution in [0.2, 0.25) is 0 Å². The number of hydrogen-bond donors (Lipinski definition) is 3. The highest BCUT2D eigenvalue weighted by Gasteiger charge is 2.44. The summed E-state index contributed by atoms with van der Waals surface area (Å²) >= 11 is 0. The largest absolute Gasteiger partial charge is 0.383 e.